The Kier molecular flexibility index (Phi) is 8.43. The molecule has 0 saturated heterocycles. The molecule has 0 aliphatic heterocycles. The fourth-order valence-electron chi connectivity index (χ4n) is 7.41. The number of rotatable bonds is 8. The lowest BCUT2D eigenvalue weighted by molar-refractivity contribution is 0.669. The second-order valence-electron chi connectivity index (χ2n) is 13.7. The molecule has 0 fully saturated rings. The Labute approximate surface area is 324 Å². The largest absolute Gasteiger partial charge is 0.456 e. The van der Waals surface area contributed by atoms with E-state index < -0.39 is 0 Å². The van der Waals surface area contributed by atoms with Crippen molar-refractivity contribution in [2.24, 2.45) is 0 Å². The number of fused-ring (bicyclic) bond motifs is 3. The molecule has 5 heteroatoms. The van der Waals surface area contributed by atoms with Crippen LogP contribution in [0.2, 0.25) is 0 Å². The number of anilines is 3. The van der Waals surface area contributed by atoms with Crippen molar-refractivity contribution in [2.45, 2.75) is 0 Å². The van der Waals surface area contributed by atoms with Gasteiger partial charge in [-0.1, -0.05) is 152 Å². The van der Waals surface area contributed by atoms with E-state index in [9.17, 15) is 0 Å². The number of para-hydroxylation sites is 2. The molecule has 0 unspecified atom stereocenters. The number of aromatic nitrogens is 3. The predicted molar refractivity (Wildman–Crippen MR) is 229 cm³/mol. The third-order valence-electron chi connectivity index (χ3n) is 10.1. The second kappa shape index (κ2) is 14.3. The standard InChI is InChI=1S/C51H34N4O/c1-5-15-35(16-6-1)37-27-29-38(30-28-37)49-52-50(40-20-13-19-39(33-40)36-17-7-2-8-18-36)54-51(53-49)45-25-14-26-46-48(45)44-32-31-43(34-47(44)56-46)55(41-21-9-3-10-22-41)42-23-11-4-12-24-42/h1-34H. The Hall–Kier alpha value is -7.63. The van der Waals surface area contributed by atoms with Gasteiger partial charge in [-0.25, -0.2) is 15.0 Å². The summed E-state index contributed by atoms with van der Waals surface area (Å²) in [5.41, 5.74) is 11.9. The van der Waals surface area contributed by atoms with Gasteiger partial charge in [-0.2, -0.15) is 0 Å². The Balaban J connectivity index is 1.13. The van der Waals surface area contributed by atoms with Gasteiger partial charge in [0.05, 0.1) is 0 Å². The monoisotopic (exact) mass is 718 g/mol. The molecule has 2 heterocycles. The predicted octanol–water partition coefficient (Wildman–Crippen LogP) is 13.6. The summed E-state index contributed by atoms with van der Waals surface area (Å²) in [5.74, 6) is 1.78. The van der Waals surface area contributed by atoms with Gasteiger partial charge >= 0.3 is 0 Å². The van der Waals surface area contributed by atoms with Crippen molar-refractivity contribution >= 4 is 39.0 Å². The molecule has 0 aliphatic carbocycles. The molecule has 0 atom stereocenters. The number of benzene rings is 8. The molecule has 5 nitrogen and oxygen atoms in total. The highest BCUT2D eigenvalue weighted by Gasteiger charge is 2.20. The van der Waals surface area contributed by atoms with E-state index in [1.54, 1.807) is 0 Å². The first-order valence-corrected chi connectivity index (χ1v) is 18.7. The van der Waals surface area contributed by atoms with Crippen LogP contribution in [0.15, 0.2) is 211 Å². The molecule has 2 aromatic heterocycles. The second-order valence-corrected chi connectivity index (χ2v) is 13.7. The molecule has 0 saturated carbocycles. The summed E-state index contributed by atoms with van der Waals surface area (Å²) >= 11 is 0. The maximum atomic E-state index is 6.63. The molecular weight excluding hydrogens is 685 g/mol. The van der Waals surface area contributed by atoms with Gasteiger partial charge in [0.2, 0.25) is 0 Å². The van der Waals surface area contributed by atoms with E-state index in [1.165, 1.54) is 0 Å². The molecule has 8 aromatic carbocycles. The van der Waals surface area contributed by atoms with Crippen LogP contribution >= 0.6 is 0 Å². The van der Waals surface area contributed by atoms with Gasteiger partial charge in [-0.15, -0.1) is 0 Å². The average Bonchev–Trinajstić information content (AvgIpc) is 3.66. The summed E-state index contributed by atoms with van der Waals surface area (Å²) in [6.45, 7) is 0. The van der Waals surface area contributed by atoms with Gasteiger partial charge < -0.3 is 9.32 Å². The minimum absolute atomic E-state index is 0.579. The first kappa shape index (κ1) is 33.0. The zero-order valence-corrected chi connectivity index (χ0v) is 30.3. The fraction of sp³-hybridized carbons (Fsp3) is 0. The Bertz CT molecular complexity index is 2910. The maximum absolute atomic E-state index is 6.63. The van der Waals surface area contributed by atoms with Crippen LogP contribution in [0.5, 0.6) is 0 Å². The average molecular weight is 719 g/mol. The summed E-state index contributed by atoms with van der Waals surface area (Å²) in [7, 11) is 0. The summed E-state index contributed by atoms with van der Waals surface area (Å²) in [4.78, 5) is 17.7. The molecule has 0 N–H and O–H groups in total. The van der Waals surface area contributed by atoms with E-state index in [0.717, 1.165) is 77.9 Å². The molecule has 0 aliphatic rings. The van der Waals surface area contributed by atoms with Crippen molar-refractivity contribution in [2.75, 3.05) is 4.90 Å². The fourth-order valence-corrected chi connectivity index (χ4v) is 7.41. The molecule has 0 bridgehead atoms. The zero-order valence-electron chi connectivity index (χ0n) is 30.3. The summed E-state index contributed by atoms with van der Waals surface area (Å²) < 4.78 is 6.63. The smallest absolute Gasteiger partial charge is 0.164 e. The van der Waals surface area contributed by atoms with Crippen LogP contribution in [0.4, 0.5) is 17.1 Å². The molecule has 10 rings (SSSR count). The highest BCUT2D eigenvalue weighted by molar-refractivity contribution is 6.12. The lowest BCUT2D eigenvalue weighted by atomic mass is 10.0. The maximum Gasteiger partial charge on any atom is 0.164 e. The van der Waals surface area contributed by atoms with Gasteiger partial charge in [0, 0.05) is 50.6 Å². The van der Waals surface area contributed by atoms with Crippen LogP contribution in [-0.4, -0.2) is 15.0 Å². The highest BCUT2D eigenvalue weighted by atomic mass is 16.3. The number of furan rings is 1. The van der Waals surface area contributed by atoms with Crippen molar-refractivity contribution < 1.29 is 4.42 Å². The van der Waals surface area contributed by atoms with Crippen molar-refractivity contribution in [1.82, 2.24) is 15.0 Å². The van der Waals surface area contributed by atoms with Gasteiger partial charge in [-0.3, -0.25) is 0 Å². The van der Waals surface area contributed by atoms with E-state index in [4.69, 9.17) is 19.4 Å². The van der Waals surface area contributed by atoms with Crippen LogP contribution < -0.4 is 4.90 Å². The molecule has 0 radical (unpaired) electrons. The van der Waals surface area contributed by atoms with Crippen molar-refractivity contribution in [3.63, 3.8) is 0 Å². The first-order valence-electron chi connectivity index (χ1n) is 18.7. The van der Waals surface area contributed by atoms with Gasteiger partial charge in [-0.05, 0) is 70.8 Å². The van der Waals surface area contributed by atoms with Crippen LogP contribution in [-0.2, 0) is 0 Å². The topological polar surface area (TPSA) is 55.1 Å². The number of nitrogens with zero attached hydrogens (tertiary/aromatic N) is 4. The molecule has 10 aromatic rings. The third-order valence-corrected chi connectivity index (χ3v) is 10.1. The molecule has 0 amide bonds. The van der Waals surface area contributed by atoms with Gasteiger partial charge in [0.25, 0.3) is 0 Å². The third kappa shape index (κ3) is 6.27. The van der Waals surface area contributed by atoms with E-state index in [-0.39, 0.29) is 0 Å². The van der Waals surface area contributed by atoms with Crippen molar-refractivity contribution in [1.29, 1.82) is 0 Å². The normalized spacial score (nSPS) is 11.2. The molecule has 0 spiro atoms. The van der Waals surface area contributed by atoms with E-state index in [1.807, 2.05) is 36.4 Å². The SMILES string of the molecule is c1ccc(-c2ccc(-c3nc(-c4cccc(-c5ccccc5)c4)nc(-c4cccc5oc6cc(N(c7ccccc7)c7ccccc7)ccc6c45)n3)cc2)cc1. The van der Waals surface area contributed by atoms with Crippen LogP contribution in [0.1, 0.15) is 0 Å². The lowest BCUT2D eigenvalue weighted by Crippen LogP contribution is -2.09. The van der Waals surface area contributed by atoms with E-state index >= 15 is 0 Å². The molecule has 264 valence electrons. The van der Waals surface area contributed by atoms with E-state index in [2.05, 4.69) is 175 Å². The van der Waals surface area contributed by atoms with Crippen molar-refractivity contribution in [3.8, 4) is 56.4 Å². The minimum Gasteiger partial charge on any atom is -0.456 e. The lowest BCUT2D eigenvalue weighted by Gasteiger charge is -2.25. The summed E-state index contributed by atoms with van der Waals surface area (Å²) in [6, 6.07) is 70.9. The highest BCUT2D eigenvalue weighted by Crippen LogP contribution is 2.41. The van der Waals surface area contributed by atoms with Gasteiger partial charge in [0.15, 0.2) is 17.5 Å². The van der Waals surface area contributed by atoms with Crippen LogP contribution in [0.25, 0.3) is 78.4 Å². The van der Waals surface area contributed by atoms with Crippen LogP contribution in [0, 0.1) is 0 Å². The number of hydrogen-bond donors (Lipinski definition) is 0. The summed E-state index contributed by atoms with van der Waals surface area (Å²) in [6.07, 6.45) is 0. The van der Waals surface area contributed by atoms with Crippen molar-refractivity contribution in [3.05, 3.63) is 206 Å². The van der Waals surface area contributed by atoms with Crippen LogP contribution in [0.3, 0.4) is 0 Å². The zero-order chi connectivity index (χ0) is 37.3. The quantitative estimate of drug-likeness (QED) is 0.157. The Morgan fingerprint density at radius 1 is 0.321 bits per heavy atom. The molecule has 56 heavy (non-hydrogen) atoms. The Morgan fingerprint density at radius 2 is 0.821 bits per heavy atom. The minimum atomic E-state index is 0.579. The Morgan fingerprint density at radius 3 is 1.48 bits per heavy atom. The first-order chi connectivity index (χ1) is 27.7. The van der Waals surface area contributed by atoms with E-state index in [0.29, 0.717) is 17.5 Å². The van der Waals surface area contributed by atoms with Gasteiger partial charge in [0.1, 0.15) is 11.2 Å². The number of hydrogen-bond acceptors (Lipinski definition) is 5. The summed E-state index contributed by atoms with van der Waals surface area (Å²) in [5, 5.41) is 1.95. The molecular formula is C51H34N4O.